The van der Waals surface area contributed by atoms with Crippen LogP contribution >= 0.6 is 31.9 Å². The molecule has 0 radical (unpaired) electrons. The van der Waals surface area contributed by atoms with Gasteiger partial charge in [0.2, 0.25) is 10.0 Å². The Hall–Kier alpha value is -2.88. The molecule has 4 aliphatic heterocycles. The molecule has 0 unspecified atom stereocenters. The van der Waals surface area contributed by atoms with Crippen LogP contribution in [0.2, 0.25) is 0 Å². The summed E-state index contributed by atoms with van der Waals surface area (Å²) in [5.74, 6) is 0.656. The summed E-state index contributed by atoms with van der Waals surface area (Å²) in [7, 11) is -3.15. The van der Waals surface area contributed by atoms with Gasteiger partial charge in [0, 0.05) is 64.0 Å². The number of para-hydroxylation sites is 1. The molecule has 1 aliphatic carbocycles. The van der Waals surface area contributed by atoms with Crippen molar-refractivity contribution in [2.45, 2.75) is 81.6 Å². The Bertz CT molecular complexity index is 1750. The second kappa shape index (κ2) is 15.8. The molecule has 4 heterocycles. The minimum Gasteiger partial charge on any atom is -0.506 e. The largest absolute Gasteiger partial charge is 0.506 e. The topological polar surface area (TPSA) is 140 Å². The number of hydrogen-bond acceptors (Lipinski definition) is 7. The maximum absolute atomic E-state index is 14.1. The maximum Gasteiger partial charge on any atom is 0.410 e. The highest BCUT2D eigenvalue weighted by Crippen LogP contribution is 2.38. The summed E-state index contributed by atoms with van der Waals surface area (Å²) in [5, 5.41) is 13.1. The van der Waals surface area contributed by atoms with Crippen LogP contribution in [0.3, 0.4) is 0 Å². The van der Waals surface area contributed by atoms with E-state index in [-0.39, 0.29) is 35.4 Å². The molecule has 2 aromatic rings. The Morgan fingerprint density at radius 3 is 2.08 bits per heavy atom. The van der Waals surface area contributed by atoms with Crippen molar-refractivity contribution in [1.29, 1.82) is 0 Å². The van der Waals surface area contributed by atoms with Gasteiger partial charge in [-0.3, -0.25) is 4.79 Å². The lowest BCUT2D eigenvalue weighted by Crippen LogP contribution is -2.52. The van der Waals surface area contributed by atoms with Gasteiger partial charge in [0.25, 0.3) is 5.91 Å². The molecule has 0 bridgehead atoms. The zero-order valence-electron chi connectivity index (χ0n) is 29.2. The quantitative estimate of drug-likeness (QED) is 0.334. The first-order valence-corrected chi connectivity index (χ1v) is 21.6. The van der Waals surface area contributed by atoms with Crippen LogP contribution in [0.1, 0.15) is 62.5 Å². The van der Waals surface area contributed by atoms with Gasteiger partial charge < -0.3 is 29.9 Å². The second-order valence-corrected chi connectivity index (χ2v) is 18.8. The summed E-state index contributed by atoms with van der Waals surface area (Å²) in [6.45, 7) is 3.67. The molecule has 7 rings (SSSR count). The van der Waals surface area contributed by atoms with Crippen molar-refractivity contribution in [3.63, 3.8) is 0 Å². The molecule has 0 spiro atoms. The molecule has 15 heteroatoms. The van der Waals surface area contributed by atoms with Gasteiger partial charge in [-0.05, 0) is 131 Å². The molecule has 4 fully saturated rings. The number of likely N-dealkylation sites (tertiary alicyclic amines) is 2. The zero-order valence-corrected chi connectivity index (χ0v) is 33.2. The van der Waals surface area contributed by atoms with E-state index in [1.807, 2.05) is 29.2 Å². The maximum atomic E-state index is 14.1. The van der Waals surface area contributed by atoms with Crippen LogP contribution in [0.25, 0.3) is 0 Å². The number of piperidine rings is 3. The van der Waals surface area contributed by atoms with Gasteiger partial charge in [-0.15, -0.1) is 0 Å². The average Bonchev–Trinajstić information content (AvgIpc) is 4.02. The minimum absolute atomic E-state index is 0.0152. The molecule has 1 saturated carbocycles. The third-order valence-electron chi connectivity index (χ3n) is 11.6. The zero-order chi connectivity index (χ0) is 36.6. The lowest BCUT2D eigenvalue weighted by atomic mass is 9.79. The second-order valence-electron chi connectivity index (χ2n) is 14.9. The van der Waals surface area contributed by atoms with Gasteiger partial charge >= 0.3 is 12.1 Å². The molecule has 2 N–H and O–H groups in total. The Morgan fingerprint density at radius 2 is 1.44 bits per heavy atom. The number of carbonyl (C=O) groups excluding carboxylic acids is 3. The molecule has 5 aliphatic rings. The third kappa shape index (κ3) is 8.27. The highest BCUT2D eigenvalue weighted by Gasteiger charge is 2.43. The Morgan fingerprint density at radius 1 is 0.846 bits per heavy atom. The first-order chi connectivity index (χ1) is 25.0. The van der Waals surface area contributed by atoms with Gasteiger partial charge in [-0.1, -0.05) is 18.2 Å². The van der Waals surface area contributed by atoms with E-state index in [1.54, 1.807) is 26.2 Å². The minimum atomic E-state index is -3.15. The van der Waals surface area contributed by atoms with Crippen molar-refractivity contribution < 1.29 is 32.6 Å². The number of nitrogens with one attached hydrogen (secondary N) is 1. The molecule has 0 aromatic heterocycles. The van der Waals surface area contributed by atoms with Gasteiger partial charge in [0.15, 0.2) is 6.10 Å². The number of hydrogen-bond donors (Lipinski definition) is 2. The van der Waals surface area contributed by atoms with Gasteiger partial charge in [-0.25, -0.2) is 22.3 Å². The number of halogens is 2. The predicted molar refractivity (Wildman–Crippen MR) is 203 cm³/mol. The Labute approximate surface area is 322 Å². The number of phenolic OH excluding ortho intramolecular Hbond substituents is 1. The van der Waals surface area contributed by atoms with E-state index in [9.17, 15) is 27.9 Å². The summed E-state index contributed by atoms with van der Waals surface area (Å²) in [5.41, 5.74) is 2.66. The fourth-order valence-corrected chi connectivity index (χ4v) is 11.6. The molecule has 52 heavy (non-hydrogen) atoms. The summed E-state index contributed by atoms with van der Waals surface area (Å²) in [4.78, 5) is 46.2. The van der Waals surface area contributed by atoms with E-state index in [4.69, 9.17) is 4.74 Å². The molecular formula is C37H47Br2N5O7S. The number of aromatic hydroxyl groups is 1. The SMILES string of the molecule is O=C(O[C@H](Cc1cc(Br)c(O)c(Br)c1)C(=O)N1CCC(C2CCN(S(=O)(=O)C3CC3)CC2)CC1)N1CCC(N2CCc3ccccc3NC2=O)CC1. The fourth-order valence-electron chi connectivity index (χ4n) is 8.40. The first kappa shape index (κ1) is 37.4. The highest BCUT2D eigenvalue weighted by molar-refractivity contribution is 9.11. The fraction of sp³-hybridized carbons (Fsp3) is 0.595. The Kier molecular flexibility index (Phi) is 11.4. The average molecular weight is 866 g/mol. The standard InChI is InChI=1S/C37H47Br2N5O7S/c38-30-21-24(22-31(39)34(30)45)23-33(35(46)41-14-7-25(8-15-41)26-9-18-43(19-10-26)52(49,50)29-5-6-29)51-37(48)42-16-12-28(13-17-42)44-20-11-27-3-1-2-4-32(27)40-36(44)47/h1-4,21-22,25-26,28-29,33,45H,5-20,23H2,(H,40,47)/t33-/m1/s1. The molecule has 2 aromatic carbocycles. The van der Waals surface area contributed by atoms with Crippen LogP contribution in [-0.2, 0) is 32.4 Å². The molecule has 4 amide bonds. The summed E-state index contributed by atoms with van der Waals surface area (Å²) < 4.78 is 34.1. The number of fused-ring (bicyclic) bond motifs is 1. The normalized spacial score (nSPS) is 22.0. The van der Waals surface area contributed by atoms with E-state index in [0.717, 1.165) is 61.8 Å². The molecule has 1 atom stereocenters. The van der Waals surface area contributed by atoms with Crippen molar-refractivity contribution in [2.24, 2.45) is 11.8 Å². The lowest BCUT2D eigenvalue weighted by Gasteiger charge is -2.41. The lowest BCUT2D eigenvalue weighted by molar-refractivity contribution is -0.142. The Balaban J connectivity index is 0.959. The van der Waals surface area contributed by atoms with Crippen LogP contribution < -0.4 is 5.32 Å². The van der Waals surface area contributed by atoms with Crippen molar-refractivity contribution in [3.05, 3.63) is 56.5 Å². The van der Waals surface area contributed by atoms with Crippen LogP contribution in [0.5, 0.6) is 5.75 Å². The van der Waals surface area contributed by atoms with Crippen molar-refractivity contribution in [1.82, 2.24) is 19.0 Å². The first-order valence-electron chi connectivity index (χ1n) is 18.5. The van der Waals surface area contributed by atoms with Crippen LogP contribution in [0.15, 0.2) is 45.3 Å². The predicted octanol–water partition coefficient (Wildman–Crippen LogP) is 5.96. The number of ether oxygens (including phenoxy) is 1. The van der Waals surface area contributed by atoms with E-state index in [0.29, 0.717) is 79.4 Å². The summed E-state index contributed by atoms with van der Waals surface area (Å²) in [6.07, 6.45) is 5.40. The van der Waals surface area contributed by atoms with E-state index >= 15 is 0 Å². The monoisotopic (exact) mass is 863 g/mol. The van der Waals surface area contributed by atoms with Crippen LogP contribution in [0.4, 0.5) is 15.3 Å². The van der Waals surface area contributed by atoms with Crippen LogP contribution in [-0.4, -0.2) is 114 Å². The number of rotatable bonds is 8. The van der Waals surface area contributed by atoms with E-state index in [1.165, 1.54) is 0 Å². The molecular weight excluding hydrogens is 818 g/mol. The van der Waals surface area contributed by atoms with E-state index < -0.39 is 22.2 Å². The number of benzene rings is 2. The van der Waals surface area contributed by atoms with Crippen molar-refractivity contribution in [3.8, 4) is 5.75 Å². The molecule has 3 saturated heterocycles. The number of anilines is 1. The number of carbonyl (C=O) groups is 3. The van der Waals surface area contributed by atoms with Crippen molar-refractivity contribution >= 4 is 65.6 Å². The summed E-state index contributed by atoms with van der Waals surface area (Å²) >= 11 is 6.76. The van der Waals surface area contributed by atoms with Gasteiger partial charge in [0.05, 0.1) is 14.2 Å². The van der Waals surface area contributed by atoms with E-state index in [2.05, 4.69) is 37.2 Å². The highest BCUT2D eigenvalue weighted by atomic mass is 79.9. The van der Waals surface area contributed by atoms with Gasteiger partial charge in [0.1, 0.15) is 5.75 Å². The third-order valence-corrected chi connectivity index (χ3v) is 15.3. The number of urea groups is 1. The number of phenols is 1. The van der Waals surface area contributed by atoms with Gasteiger partial charge in [-0.2, -0.15) is 0 Å². The molecule has 282 valence electrons. The van der Waals surface area contributed by atoms with Crippen LogP contribution in [0, 0.1) is 11.8 Å². The number of sulfonamides is 1. The van der Waals surface area contributed by atoms with Crippen molar-refractivity contribution in [2.75, 3.05) is 51.1 Å². The summed E-state index contributed by atoms with van der Waals surface area (Å²) in [6, 6.07) is 11.2. The smallest absolute Gasteiger partial charge is 0.410 e. The molecule has 12 nitrogen and oxygen atoms in total. The number of nitrogens with zero attached hydrogens (tertiary/aromatic N) is 4. The number of amides is 4.